The summed E-state index contributed by atoms with van der Waals surface area (Å²) in [6.45, 7) is 4.85. The van der Waals surface area contributed by atoms with E-state index < -0.39 is 5.95 Å². The number of carbonyl (C=O) groups excluding carboxylic acids is 1. The van der Waals surface area contributed by atoms with Crippen molar-refractivity contribution in [3.63, 3.8) is 0 Å². The van der Waals surface area contributed by atoms with Crippen molar-refractivity contribution in [2.45, 2.75) is 26.3 Å². The van der Waals surface area contributed by atoms with E-state index in [-0.39, 0.29) is 5.91 Å². The van der Waals surface area contributed by atoms with Crippen LogP contribution in [-0.2, 0) is 17.8 Å². The van der Waals surface area contributed by atoms with Crippen LogP contribution in [0.5, 0.6) is 0 Å². The molecule has 1 fully saturated rings. The molecule has 0 bridgehead atoms. The van der Waals surface area contributed by atoms with E-state index in [4.69, 9.17) is 11.6 Å². The van der Waals surface area contributed by atoms with Gasteiger partial charge in [-0.2, -0.15) is 4.39 Å². The van der Waals surface area contributed by atoms with Crippen LogP contribution in [0.25, 0.3) is 0 Å². The van der Waals surface area contributed by atoms with Crippen LogP contribution in [0, 0.1) is 18.8 Å². The molecule has 7 heteroatoms. The minimum Gasteiger partial charge on any atom is -0.371 e. The van der Waals surface area contributed by atoms with Gasteiger partial charge in [-0.25, -0.2) is 9.97 Å². The quantitative estimate of drug-likeness (QED) is 0.775. The summed E-state index contributed by atoms with van der Waals surface area (Å²) < 4.78 is 13.2. The van der Waals surface area contributed by atoms with Gasteiger partial charge in [0.2, 0.25) is 11.9 Å². The molecule has 0 aliphatic carbocycles. The monoisotopic (exact) mass is 374 g/mol. The van der Waals surface area contributed by atoms with Crippen molar-refractivity contribution in [1.82, 2.24) is 14.9 Å². The first-order valence-electron chi connectivity index (χ1n) is 8.79. The molecule has 4 heterocycles. The van der Waals surface area contributed by atoms with Gasteiger partial charge >= 0.3 is 0 Å². The van der Waals surface area contributed by atoms with E-state index in [0.717, 1.165) is 42.0 Å². The number of rotatable bonds is 3. The predicted octanol–water partition coefficient (Wildman–Crippen LogP) is 2.99. The Kier molecular flexibility index (Phi) is 4.53. The average Bonchev–Trinajstić information content (AvgIpc) is 2.57. The first-order valence-corrected chi connectivity index (χ1v) is 9.16. The van der Waals surface area contributed by atoms with E-state index in [0.29, 0.717) is 30.6 Å². The number of anilines is 1. The smallest absolute Gasteiger partial charge is 0.223 e. The Morgan fingerprint density at radius 2 is 2.19 bits per heavy atom. The van der Waals surface area contributed by atoms with E-state index in [1.165, 1.54) is 12.3 Å². The number of carbonyl (C=O) groups is 1. The van der Waals surface area contributed by atoms with Crippen LogP contribution in [0.3, 0.4) is 0 Å². The lowest BCUT2D eigenvalue weighted by atomic mass is 9.94. The van der Waals surface area contributed by atoms with Crippen LogP contribution in [0.1, 0.15) is 23.2 Å². The minimum absolute atomic E-state index is 0.176. The van der Waals surface area contributed by atoms with Crippen LogP contribution in [0.15, 0.2) is 24.4 Å². The number of fused-ring (bicyclic) bond motifs is 1. The van der Waals surface area contributed by atoms with Crippen LogP contribution in [0.2, 0.25) is 5.15 Å². The molecule has 0 atom stereocenters. The highest BCUT2D eigenvalue weighted by Crippen LogP contribution is 2.28. The topological polar surface area (TPSA) is 49.3 Å². The number of amides is 1. The van der Waals surface area contributed by atoms with E-state index in [1.54, 1.807) is 6.07 Å². The standard InChI is InChI=1S/C19H20ClFN4O/c1-12-6-17(20)23-16-3-5-24(11-15(12)16)19(26)7-13-9-25(10-13)14-2-4-22-18(21)8-14/h2,4,6,8,13H,3,5,7,9-11H2,1H3. The van der Waals surface area contributed by atoms with Crippen molar-refractivity contribution in [1.29, 1.82) is 0 Å². The molecule has 136 valence electrons. The summed E-state index contributed by atoms with van der Waals surface area (Å²) in [6, 6.07) is 5.08. The Balaban J connectivity index is 1.34. The molecule has 2 aromatic heterocycles. The van der Waals surface area contributed by atoms with Gasteiger partial charge in [0.05, 0.1) is 0 Å². The molecular weight excluding hydrogens is 355 g/mol. The SMILES string of the molecule is Cc1cc(Cl)nc2c1CN(C(=O)CC1CN(c3ccnc(F)c3)C1)CC2. The lowest BCUT2D eigenvalue weighted by molar-refractivity contribution is -0.133. The van der Waals surface area contributed by atoms with Crippen molar-refractivity contribution < 1.29 is 9.18 Å². The third-order valence-electron chi connectivity index (χ3n) is 5.22. The van der Waals surface area contributed by atoms with Gasteiger partial charge in [-0.05, 0) is 30.2 Å². The summed E-state index contributed by atoms with van der Waals surface area (Å²) in [5, 5.41) is 0.517. The Hall–Kier alpha value is -2.21. The summed E-state index contributed by atoms with van der Waals surface area (Å²) in [4.78, 5) is 24.6. The first kappa shape index (κ1) is 17.2. The summed E-state index contributed by atoms with van der Waals surface area (Å²) in [6.07, 6.45) is 2.74. The second-order valence-corrected chi connectivity index (χ2v) is 7.45. The third kappa shape index (κ3) is 3.38. The van der Waals surface area contributed by atoms with Crippen molar-refractivity contribution in [2.24, 2.45) is 5.92 Å². The summed E-state index contributed by atoms with van der Waals surface area (Å²) in [5.74, 6) is 0.0122. The Bertz CT molecular complexity index is 853. The molecular formula is C19H20ClFN4O. The summed E-state index contributed by atoms with van der Waals surface area (Å²) in [7, 11) is 0. The van der Waals surface area contributed by atoms with E-state index in [2.05, 4.69) is 14.9 Å². The molecule has 2 aliphatic heterocycles. The van der Waals surface area contributed by atoms with Gasteiger partial charge in [0.15, 0.2) is 0 Å². The van der Waals surface area contributed by atoms with Gasteiger partial charge in [-0.1, -0.05) is 11.6 Å². The zero-order valence-corrected chi connectivity index (χ0v) is 15.3. The molecule has 2 aliphatic rings. The van der Waals surface area contributed by atoms with Crippen molar-refractivity contribution in [3.8, 4) is 0 Å². The van der Waals surface area contributed by atoms with Crippen molar-refractivity contribution in [3.05, 3.63) is 52.3 Å². The minimum atomic E-state index is -0.474. The molecule has 5 nitrogen and oxygen atoms in total. The van der Waals surface area contributed by atoms with Gasteiger partial charge in [0, 0.05) is 68.6 Å². The highest BCUT2D eigenvalue weighted by molar-refractivity contribution is 6.29. The number of aryl methyl sites for hydroxylation is 1. The predicted molar refractivity (Wildman–Crippen MR) is 97.6 cm³/mol. The largest absolute Gasteiger partial charge is 0.371 e. The van der Waals surface area contributed by atoms with E-state index in [9.17, 15) is 9.18 Å². The number of hydrogen-bond acceptors (Lipinski definition) is 4. The van der Waals surface area contributed by atoms with Crippen LogP contribution >= 0.6 is 11.6 Å². The van der Waals surface area contributed by atoms with Gasteiger partial charge < -0.3 is 9.80 Å². The van der Waals surface area contributed by atoms with Crippen LogP contribution < -0.4 is 4.90 Å². The van der Waals surface area contributed by atoms with Crippen LogP contribution in [-0.4, -0.2) is 40.4 Å². The highest BCUT2D eigenvalue weighted by atomic mass is 35.5. The zero-order valence-electron chi connectivity index (χ0n) is 14.6. The van der Waals surface area contributed by atoms with Crippen molar-refractivity contribution >= 4 is 23.2 Å². The second-order valence-electron chi connectivity index (χ2n) is 7.06. The molecule has 0 radical (unpaired) electrons. The fourth-order valence-corrected chi connectivity index (χ4v) is 4.01. The maximum atomic E-state index is 13.2. The van der Waals surface area contributed by atoms with Gasteiger partial charge in [0.25, 0.3) is 0 Å². The van der Waals surface area contributed by atoms with E-state index in [1.807, 2.05) is 17.9 Å². The first-order chi connectivity index (χ1) is 12.5. The molecule has 4 rings (SSSR count). The maximum absolute atomic E-state index is 13.2. The molecule has 0 N–H and O–H groups in total. The average molecular weight is 375 g/mol. The molecule has 0 spiro atoms. The number of aromatic nitrogens is 2. The lowest BCUT2D eigenvalue weighted by Gasteiger charge is -2.41. The molecule has 0 aromatic carbocycles. The number of nitrogens with zero attached hydrogens (tertiary/aromatic N) is 4. The summed E-state index contributed by atoms with van der Waals surface area (Å²) in [5.41, 5.74) is 4.05. The fraction of sp³-hybridized carbons (Fsp3) is 0.421. The van der Waals surface area contributed by atoms with Gasteiger partial charge in [-0.15, -0.1) is 0 Å². The Labute approximate surface area is 156 Å². The third-order valence-corrected chi connectivity index (χ3v) is 5.41. The second kappa shape index (κ2) is 6.83. The normalized spacial score (nSPS) is 17.0. The van der Waals surface area contributed by atoms with Gasteiger partial charge in [0.1, 0.15) is 5.15 Å². The Morgan fingerprint density at radius 3 is 2.96 bits per heavy atom. The lowest BCUT2D eigenvalue weighted by Crippen LogP contribution is -2.49. The Morgan fingerprint density at radius 1 is 1.38 bits per heavy atom. The number of halogens is 2. The van der Waals surface area contributed by atoms with Crippen LogP contribution in [0.4, 0.5) is 10.1 Å². The summed E-state index contributed by atoms with van der Waals surface area (Å²) >= 11 is 6.03. The van der Waals surface area contributed by atoms with Crippen molar-refractivity contribution in [2.75, 3.05) is 24.5 Å². The molecule has 0 saturated carbocycles. The molecule has 1 amide bonds. The molecule has 2 aromatic rings. The fourth-order valence-electron chi connectivity index (χ4n) is 3.74. The molecule has 0 unspecified atom stereocenters. The number of hydrogen-bond donors (Lipinski definition) is 0. The van der Waals surface area contributed by atoms with E-state index >= 15 is 0 Å². The molecule has 1 saturated heterocycles. The number of pyridine rings is 2. The zero-order chi connectivity index (χ0) is 18.3. The highest BCUT2D eigenvalue weighted by Gasteiger charge is 2.32. The maximum Gasteiger partial charge on any atom is 0.223 e. The van der Waals surface area contributed by atoms with Gasteiger partial charge in [-0.3, -0.25) is 4.79 Å². The molecule has 26 heavy (non-hydrogen) atoms.